The maximum absolute atomic E-state index is 3.72. The van der Waals surface area contributed by atoms with E-state index in [4.69, 9.17) is 0 Å². The summed E-state index contributed by atoms with van der Waals surface area (Å²) < 4.78 is 0. The van der Waals surface area contributed by atoms with Gasteiger partial charge in [0.2, 0.25) is 0 Å². The molecule has 0 saturated carbocycles. The van der Waals surface area contributed by atoms with Crippen LogP contribution in [0.4, 0.5) is 0 Å². The maximum Gasteiger partial charge on any atom is 0.0499 e. The molecule has 0 radical (unpaired) electrons. The van der Waals surface area contributed by atoms with Crippen LogP contribution in [-0.4, -0.2) is 35.6 Å². The van der Waals surface area contributed by atoms with E-state index in [9.17, 15) is 0 Å². The Balaban J connectivity index is 1.65. The van der Waals surface area contributed by atoms with Crippen molar-refractivity contribution in [2.45, 2.75) is 38.4 Å². The van der Waals surface area contributed by atoms with Gasteiger partial charge < -0.3 is 15.2 Å². The molecule has 1 aromatic heterocycles. The smallest absolute Gasteiger partial charge is 0.0499 e. The van der Waals surface area contributed by atoms with E-state index in [-0.39, 0.29) is 0 Å². The minimum Gasteiger partial charge on any atom is -0.361 e. The van der Waals surface area contributed by atoms with E-state index in [1.165, 1.54) is 35.9 Å². The molecule has 1 aromatic carbocycles. The van der Waals surface area contributed by atoms with Crippen molar-refractivity contribution in [2.75, 3.05) is 13.6 Å². The molecule has 2 unspecified atom stereocenters. The number of aromatic nitrogens is 1. The number of nitrogens with one attached hydrogen (secondary N) is 2. The summed E-state index contributed by atoms with van der Waals surface area (Å²) in [6, 6.07) is 9.99. The first-order valence-electron chi connectivity index (χ1n) is 7.22. The van der Waals surface area contributed by atoms with Crippen molar-refractivity contribution in [2.24, 2.45) is 0 Å². The van der Waals surface area contributed by atoms with Crippen LogP contribution in [0, 0.1) is 0 Å². The molecule has 1 aliphatic heterocycles. The van der Waals surface area contributed by atoms with Crippen molar-refractivity contribution in [1.29, 1.82) is 0 Å². The van der Waals surface area contributed by atoms with Crippen molar-refractivity contribution in [3.63, 3.8) is 0 Å². The Labute approximate surface area is 115 Å². The lowest BCUT2D eigenvalue weighted by Crippen LogP contribution is -2.45. The summed E-state index contributed by atoms with van der Waals surface area (Å²) in [5, 5.41) is 5.03. The molecule has 2 N–H and O–H groups in total. The van der Waals surface area contributed by atoms with Gasteiger partial charge in [-0.1, -0.05) is 18.2 Å². The minimum atomic E-state index is 0.649. The summed E-state index contributed by atoms with van der Waals surface area (Å²) in [6.07, 6.45) is 4.52. The summed E-state index contributed by atoms with van der Waals surface area (Å²) in [7, 11) is 2.22. The first kappa shape index (κ1) is 12.7. The molecular formula is C16H23N3. The van der Waals surface area contributed by atoms with Crippen LogP contribution in [0.1, 0.15) is 25.3 Å². The fourth-order valence-corrected chi connectivity index (χ4v) is 3.03. The maximum atomic E-state index is 3.72. The van der Waals surface area contributed by atoms with Gasteiger partial charge in [-0.2, -0.15) is 0 Å². The molecule has 1 aliphatic rings. The molecule has 0 aliphatic carbocycles. The van der Waals surface area contributed by atoms with Gasteiger partial charge in [-0.25, -0.2) is 0 Å². The van der Waals surface area contributed by atoms with Gasteiger partial charge in [-0.15, -0.1) is 0 Å². The van der Waals surface area contributed by atoms with Gasteiger partial charge in [0.05, 0.1) is 0 Å². The lowest BCUT2D eigenvalue weighted by Gasteiger charge is -2.35. The highest BCUT2D eigenvalue weighted by Crippen LogP contribution is 2.19. The number of benzene rings is 1. The molecule has 102 valence electrons. The predicted molar refractivity (Wildman–Crippen MR) is 80.3 cm³/mol. The number of piperidine rings is 1. The molecule has 1 saturated heterocycles. The molecule has 0 spiro atoms. The third-order valence-corrected chi connectivity index (χ3v) is 4.46. The normalized spacial score (nSPS) is 24.9. The Morgan fingerprint density at radius 1 is 1.37 bits per heavy atom. The zero-order valence-electron chi connectivity index (χ0n) is 11.8. The molecule has 2 heterocycles. The lowest BCUT2D eigenvalue weighted by atomic mass is 9.98. The second-order valence-corrected chi connectivity index (χ2v) is 5.79. The van der Waals surface area contributed by atoms with Crippen LogP contribution < -0.4 is 5.32 Å². The number of rotatable bonds is 3. The molecule has 2 aromatic rings. The average molecular weight is 257 g/mol. The predicted octanol–water partition coefficient (Wildman–Crippen LogP) is 2.74. The first-order chi connectivity index (χ1) is 9.24. The molecule has 0 bridgehead atoms. The molecular weight excluding hydrogens is 234 g/mol. The van der Waals surface area contributed by atoms with Crippen LogP contribution >= 0.6 is 0 Å². The quantitative estimate of drug-likeness (QED) is 0.886. The minimum absolute atomic E-state index is 0.649. The molecule has 0 amide bonds. The van der Waals surface area contributed by atoms with E-state index >= 15 is 0 Å². The average Bonchev–Trinajstić information content (AvgIpc) is 2.89. The summed E-state index contributed by atoms with van der Waals surface area (Å²) in [5.74, 6) is 0. The van der Waals surface area contributed by atoms with Crippen molar-refractivity contribution in [1.82, 2.24) is 15.2 Å². The van der Waals surface area contributed by atoms with Crippen molar-refractivity contribution in [3.8, 4) is 0 Å². The first-order valence-corrected chi connectivity index (χ1v) is 7.22. The standard InChI is InChI=1S/C16H23N3/c1-12-10-15(7-9-19(12)2)18-11-14-5-3-4-13-6-8-17-16(13)14/h3-6,8,12,15,17-18H,7,9-11H2,1-2H3. The van der Waals surface area contributed by atoms with Crippen LogP contribution in [0.15, 0.2) is 30.5 Å². The van der Waals surface area contributed by atoms with Crippen LogP contribution in [0.3, 0.4) is 0 Å². The second-order valence-electron chi connectivity index (χ2n) is 5.79. The van der Waals surface area contributed by atoms with Crippen molar-refractivity contribution in [3.05, 3.63) is 36.0 Å². The molecule has 3 nitrogen and oxygen atoms in total. The summed E-state index contributed by atoms with van der Waals surface area (Å²) in [5.41, 5.74) is 2.64. The highest BCUT2D eigenvalue weighted by Gasteiger charge is 2.22. The second kappa shape index (κ2) is 5.35. The van der Waals surface area contributed by atoms with Crippen LogP contribution in [0.5, 0.6) is 0 Å². The molecule has 1 fully saturated rings. The number of aromatic amines is 1. The Hall–Kier alpha value is -1.32. The number of para-hydroxylation sites is 1. The zero-order chi connectivity index (χ0) is 13.2. The van der Waals surface area contributed by atoms with E-state index in [1.807, 2.05) is 6.20 Å². The number of hydrogen-bond donors (Lipinski definition) is 2. The van der Waals surface area contributed by atoms with Crippen LogP contribution in [0.2, 0.25) is 0 Å². The third kappa shape index (κ3) is 2.67. The fraction of sp³-hybridized carbons (Fsp3) is 0.500. The fourth-order valence-electron chi connectivity index (χ4n) is 3.03. The summed E-state index contributed by atoms with van der Waals surface area (Å²) in [4.78, 5) is 5.79. The SMILES string of the molecule is CC1CC(NCc2cccc3cc[nH]c23)CCN1C. The van der Waals surface area contributed by atoms with Gasteiger partial charge in [0.1, 0.15) is 0 Å². The van der Waals surface area contributed by atoms with Crippen molar-refractivity contribution < 1.29 is 0 Å². The van der Waals surface area contributed by atoms with Gasteiger partial charge in [-0.05, 0) is 50.4 Å². The molecule has 3 heteroatoms. The van der Waals surface area contributed by atoms with Crippen molar-refractivity contribution >= 4 is 10.9 Å². The Kier molecular flexibility index (Phi) is 3.58. The number of nitrogens with zero attached hydrogens (tertiary/aromatic N) is 1. The highest BCUT2D eigenvalue weighted by molar-refractivity contribution is 5.82. The summed E-state index contributed by atoms with van der Waals surface area (Å²) >= 11 is 0. The lowest BCUT2D eigenvalue weighted by molar-refractivity contribution is 0.168. The largest absolute Gasteiger partial charge is 0.361 e. The third-order valence-electron chi connectivity index (χ3n) is 4.46. The van der Waals surface area contributed by atoms with Gasteiger partial charge >= 0.3 is 0 Å². The molecule has 2 atom stereocenters. The Morgan fingerprint density at radius 2 is 2.26 bits per heavy atom. The molecule has 19 heavy (non-hydrogen) atoms. The van der Waals surface area contributed by atoms with E-state index in [0.29, 0.717) is 12.1 Å². The van der Waals surface area contributed by atoms with Crippen LogP contribution in [0.25, 0.3) is 10.9 Å². The van der Waals surface area contributed by atoms with E-state index < -0.39 is 0 Å². The van der Waals surface area contributed by atoms with Gasteiger partial charge in [-0.3, -0.25) is 0 Å². The zero-order valence-corrected chi connectivity index (χ0v) is 11.8. The summed E-state index contributed by atoms with van der Waals surface area (Å²) in [6.45, 7) is 4.48. The highest BCUT2D eigenvalue weighted by atomic mass is 15.1. The van der Waals surface area contributed by atoms with Gasteiger partial charge in [0.15, 0.2) is 0 Å². The Bertz CT molecular complexity index is 546. The van der Waals surface area contributed by atoms with Crippen LogP contribution in [-0.2, 0) is 6.54 Å². The molecule has 3 rings (SSSR count). The van der Waals surface area contributed by atoms with Gasteiger partial charge in [0.25, 0.3) is 0 Å². The number of H-pyrrole nitrogens is 1. The van der Waals surface area contributed by atoms with Gasteiger partial charge in [0, 0.05) is 30.3 Å². The van der Waals surface area contributed by atoms with E-state index in [0.717, 1.165) is 6.54 Å². The number of fused-ring (bicyclic) bond motifs is 1. The number of likely N-dealkylation sites (tertiary alicyclic amines) is 1. The Morgan fingerprint density at radius 3 is 3.11 bits per heavy atom. The van der Waals surface area contributed by atoms with E-state index in [2.05, 4.69) is 53.4 Å². The van der Waals surface area contributed by atoms with E-state index in [1.54, 1.807) is 0 Å². The monoisotopic (exact) mass is 257 g/mol. The number of hydrogen-bond acceptors (Lipinski definition) is 2. The topological polar surface area (TPSA) is 31.1 Å².